The number of rotatable bonds is 9. The van der Waals surface area contributed by atoms with Crippen LogP contribution in [0.25, 0.3) is 0 Å². The van der Waals surface area contributed by atoms with E-state index < -0.39 is 29.9 Å². The van der Waals surface area contributed by atoms with Crippen molar-refractivity contribution in [2.45, 2.75) is 43.9 Å². The van der Waals surface area contributed by atoms with Crippen molar-refractivity contribution >= 4 is 60.9 Å². The molecule has 1 fully saturated rings. The van der Waals surface area contributed by atoms with Gasteiger partial charge in [0.15, 0.2) is 11.5 Å². The number of para-hydroxylation sites is 2. The first-order valence-corrected chi connectivity index (χ1v) is 28.6. The topological polar surface area (TPSA) is 40.5 Å². The van der Waals surface area contributed by atoms with Gasteiger partial charge in [0.05, 0.1) is 44.1 Å². The molecule has 0 aliphatic heterocycles. The Balaban J connectivity index is 0.000000155. The molecule has 0 saturated heterocycles. The number of alkyl halides is 1. The molecule has 1 aliphatic rings. The molecule has 0 heterocycles. The van der Waals surface area contributed by atoms with Crippen LogP contribution >= 0.6 is 23.8 Å². The van der Waals surface area contributed by atoms with Gasteiger partial charge in [-0.05, 0) is 147 Å². The molecule has 9 rings (SSSR count). The summed E-state index contributed by atoms with van der Waals surface area (Å²) in [5, 5.41) is 28.1. The number of aromatic hydroxyl groups is 2. The van der Waals surface area contributed by atoms with Crippen molar-refractivity contribution in [3.8, 4) is 15.8 Å². The van der Waals surface area contributed by atoms with Crippen molar-refractivity contribution < 1.29 is 46.3 Å². The van der Waals surface area contributed by atoms with Crippen LogP contribution in [0.3, 0.4) is 0 Å². The van der Waals surface area contributed by atoms with Crippen molar-refractivity contribution in [3.05, 3.63) is 235 Å². The van der Waals surface area contributed by atoms with Crippen molar-refractivity contribution in [1.82, 2.24) is 0 Å². The second-order valence-corrected chi connectivity index (χ2v) is 24.5. The zero-order valence-corrected chi connectivity index (χ0v) is 42.9. The predicted molar refractivity (Wildman–Crippen MR) is 278 cm³/mol. The minimum absolute atomic E-state index is 0.199. The van der Waals surface area contributed by atoms with Gasteiger partial charge >= 0.3 is 65.2 Å². The van der Waals surface area contributed by atoms with E-state index in [1.807, 2.05) is 42.5 Å². The maximum absolute atomic E-state index is 13.5. The van der Waals surface area contributed by atoms with Gasteiger partial charge in [-0.1, -0.05) is 60.7 Å². The predicted octanol–water partition coefficient (Wildman–Crippen LogP) is 11.4. The summed E-state index contributed by atoms with van der Waals surface area (Å²) in [5.41, 5.74) is 1.72. The molecule has 1 saturated carbocycles. The summed E-state index contributed by atoms with van der Waals surface area (Å²) in [5.74, 6) is -0.369. The third-order valence-electron chi connectivity index (χ3n) is 11.4. The zero-order valence-electron chi connectivity index (χ0n) is 37.2. The maximum atomic E-state index is 13.5. The Hall–Kier alpha value is -5.19. The Morgan fingerprint density at radius 2 is 0.836 bits per heavy atom. The second-order valence-electron chi connectivity index (χ2n) is 15.9. The summed E-state index contributed by atoms with van der Waals surface area (Å²) in [6, 6.07) is 65.5. The standard InChI is InChI=1S/C18H19F2OP.C18H13F2OP.C13H13P.C8H7.Re/c2*19-13-5-9-15(10-6-13)22(16-11-7-14(20)8-12-16)18-4-2-1-3-17(18)21;1-14(12-8-4-2-5-9-12)13-10-6-3-7-11-13;1-2-8-6-4-3-5-7-8;/h1-6,9-10,14,16,21H,7-8,11-12H2;1-12,21H;2-11H,1H3;3-7H,2H2;/p+3. The van der Waals surface area contributed by atoms with Gasteiger partial charge in [0.25, 0.3) is 0 Å². The molecule has 10 heteroatoms. The summed E-state index contributed by atoms with van der Waals surface area (Å²) >= 11 is 1.60. The molecule has 0 aromatic heterocycles. The quantitative estimate of drug-likeness (QED) is 0.112. The summed E-state index contributed by atoms with van der Waals surface area (Å²) in [7, 11) is -3.32. The number of benzene rings is 8. The number of halogens is 4. The van der Waals surface area contributed by atoms with Gasteiger partial charge < -0.3 is 10.2 Å². The van der Waals surface area contributed by atoms with E-state index in [2.05, 4.69) is 95.9 Å². The Bertz CT molecular complexity index is 2630. The average molecular weight is 1130 g/mol. The summed E-state index contributed by atoms with van der Waals surface area (Å²) in [6.07, 6.45) is 3.14. The first-order chi connectivity index (χ1) is 32.6. The van der Waals surface area contributed by atoms with E-state index in [0.717, 1.165) is 45.8 Å². The minimum atomic E-state index is -1.52. The normalized spacial score (nSPS) is 14.5. The van der Waals surface area contributed by atoms with Gasteiger partial charge in [0.2, 0.25) is 0 Å². The molecule has 8 aromatic carbocycles. The van der Waals surface area contributed by atoms with Gasteiger partial charge in [-0.2, -0.15) is 0 Å². The van der Waals surface area contributed by atoms with Crippen molar-refractivity contribution in [2.75, 3.05) is 6.66 Å². The van der Waals surface area contributed by atoms with E-state index in [4.69, 9.17) is 0 Å². The Morgan fingerprint density at radius 1 is 0.463 bits per heavy atom. The van der Waals surface area contributed by atoms with Crippen LogP contribution in [0, 0.1) is 21.7 Å². The van der Waals surface area contributed by atoms with Crippen LogP contribution < -0.4 is 37.1 Å². The fraction of sp³-hybridized carbons (Fsp3) is 0.140. The van der Waals surface area contributed by atoms with Crippen molar-refractivity contribution in [1.29, 1.82) is 0 Å². The number of phenols is 2. The van der Waals surface area contributed by atoms with Crippen LogP contribution in [0.1, 0.15) is 31.2 Å². The fourth-order valence-corrected chi connectivity index (χ4v) is 16.0. The van der Waals surface area contributed by atoms with Crippen LogP contribution in [-0.4, -0.2) is 28.7 Å². The number of hydrogen-bond donors (Lipinski definition) is 2. The van der Waals surface area contributed by atoms with Gasteiger partial charge in [0, 0.05) is 0 Å². The van der Waals surface area contributed by atoms with Crippen LogP contribution in [0.15, 0.2) is 212 Å². The monoisotopic (exact) mass is 1130 g/mol. The van der Waals surface area contributed by atoms with Crippen LogP contribution in [0.2, 0.25) is 0 Å². The molecule has 342 valence electrons. The van der Waals surface area contributed by atoms with Gasteiger partial charge in [-0.25, -0.2) is 17.6 Å². The van der Waals surface area contributed by atoms with E-state index in [-0.39, 0.29) is 23.2 Å². The third-order valence-corrected chi connectivity index (χ3v) is 20.4. The summed E-state index contributed by atoms with van der Waals surface area (Å²) in [6.45, 7) is 2.34. The second kappa shape index (κ2) is 27.0. The Labute approximate surface area is 406 Å². The van der Waals surface area contributed by atoms with Crippen LogP contribution in [-0.2, 0) is 25.0 Å². The van der Waals surface area contributed by atoms with Crippen LogP contribution in [0.5, 0.6) is 11.5 Å². The molecule has 8 aromatic rings. The first-order valence-electron chi connectivity index (χ1n) is 22.2. The molecule has 0 spiro atoms. The molecular formula is C57H55F4O2P3Re+3. The molecule has 2 N–H and O–H groups in total. The molecule has 0 bridgehead atoms. The first kappa shape index (κ1) is 51.2. The molecular weight excluding hydrogens is 1070 g/mol. The molecule has 0 amide bonds. The number of hydrogen-bond acceptors (Lipinski definition) is 2. The molecule has 1 aliphatic carbocycles. The van der Waals surface area contributed by atoms with Gasteiger partial charge in [-0.15, -0.1) is 0 Å². The SMILES string of the molecule is C[PH+](c1ccccc1)c1ccccc1.Oc1ccccc1[PH+](c1ccc(F)cc1)C1CCC(F)CC1.Oc1ccccc1[PH+](c1ccc(F)cc1)c1ccc(F)cc1.[Re]#[C]Cc1ccccc1. The Kier molecular flexibility index (Phi) is 20.6. The van der Waals surface area contributed by atoms with E-state index in [1.54, 1.807) is 67.1 Å². The molecule has 0 radical (unpaired) electrons. The molecule has 2 nitrogen and oxygen atoms in total. The Morgan fingerprint density at radius 3 is 1.25 bits per heavy atom. The van der Waals surface area contributed by atoms with Crippen LogP contribution in [0.4, 0.5) is 17.6 Å². The van der Waals surface area contributed by atoms with Gasteiger partial charge in [0.1, 0.15) is 52.8 Å². The molecule has 67 heavy (non-hydrogen) atoms. The van der Waals surface area contributed by atoms with Gasteiger partial charge in [-0.3, -0.25) is 0 Å². The third kappa shape index (κ3) is 15.7. The van der Waals surface area contributed by atoms with E-state index in [0.29, 0.717) is 24.3 Å². The van der Waals surface area contributed by atoms with E-state index in [9.17, 15) is 27.8 Å². The average Bonchev–Trinajstić information content (AvgIpc) is 3.36. The fourth-order valence-electron chi connectivity index (χ4n) is 7.90. The zero-order chi connectivity index (χ0) is 47.4. The summed E-state index contributed by atoms with van der Waals surface area (Å²) in [4.78, 5) is 0. The van der Waals surface area contributed by atoms with E-state index >= 15 is 0 Å². The molecule has 1 unspecified atom stereocenters. The van der Waals surface area contributed by atoms with Crippen molar-refractivity contribution in [2.24, 2.45) is 0 Å². The molecule has 1 atom stereocenters. The van der Waals surface area contributed by atoms with Crippen molar-refractivity contribution in [3.63, 3.8) is 0 Å². The van der Waals surface area contributed by atoms with E-state index in [1.165, 1.54) is 52.6 Å². The summed E-state index contributed by atoms with van der Waals surface area (Å²) < 4.78 is 56.2. The number of phenolic OH excluding ortho intramolecular Hbond substituents is 2.